The molecule has 3 heteroatoms. The largest absolute Gasteiger partial charge is 0.481 e. The Morgan fingerprint density at radius 3 is 1.79 bits per heavy atom. The van der Waals surface area contributed by atoms with Crippen LogP contribution in [0.15, 0.2) is 54.6 Å². The van der Waals surface area contributed by atoms with Crippen LogP contribution in [0.4, 0.5) is 0 Å². The van der Waals surface area contributed by atoms with Crippen molar-refractivity contribution in [1.29, 1.82) is 0 Å². The molecule has 24 heavy (non-hydrogen) atoms. The maximum Gasteiger partial charge on any atom is 0.313 e. The third-order valence-corrected chi connectivity index (χ3v) is 3.42. The second-order valence-electron chi connectivity index (χ2n) is 5.21. The molecular formula is C21H28O3. The molecule has 0 amide bonds. The van der Waals surface area contributed by atoms with Gasteiger partial charge in [-0.05, 0) is 25.5 Å². The molecule has 0 spiro atoms. The fourth-order valence-corrected chi connectivity index (χ4v) is 1.93. The van der Waals surface area contributed by atoms with E-state index in [9.17, 15) is 14.7 Å². The van der Waals surface area contributed by atoms with E-state index >= 15 is 0 Å². The van der Waals surface area contributed by atoms with Crippen molar-refractivity contribution in [2.45, 2.75) is 47.0 Å². The minimum absolute atomic E-state index is 0.103. The van der Waals surface area contributed by atoms with Crippen LogP contribution in [0.1, 0.15) is 63.0 Å². The summed E-state index contributed by atoms with van der Waals surface area (Å²) >= 11 is 0. The number of hydrogen-bond acceptors (Lipinski definition) is 2. The van der Waals surface area contributed by atoms with Crippen molar-refractivity contribution in [1.82, 2.24) is 0 Å². The van der Waals surface area contributed by atoms with Crippen LogP contribution in [-0.2, 0) is 10.2 Å². The zero-order valence-corrected chi connectivity index (χ0v) is 15.5. The van der Waals surface area contributed by atoms with Crippen LogP contribution in [0.25, 0.3) is 0 Å². The van der Waals surface area contributed by atoms with Crippen LogP contribution in [0, 0.1) is 0 Å². The van der Waals surface area contributed by atoms with Crippen molar-refractivity contribution in [3.63, 3.8) is 0 Å². The van der Waals surface area contributed by atoms with E-state index in [0.29, 0.717) is 16.7 Å². The van der Waals surface area contributed by atoms with Gasteiger partial charge in [0.1, 0.15) is 0 Å². The van der Waals surface area contributed by atoms with Crippen molar-refractivity contribution in [2.24, 2.45) is 0 Å². The fraction of sp³-hybridized carbons (Fsp3) is 0.333. The Bertz CT molecular complexity index is 643. The van der Waals surface area contributed by atoms with E-state index in [1.807, 2.05) is 33.8 Å². The van der Waals surface area contributed by atoms with Gasteiger partial charge in [0.25, 0.3) is 0 Å². The number of ketones is 1. The van der Waals surface area contributed by atoms with Gasteiger partial charge in [-0.3, -0.25) is 9.59 Å². The summed E-state index contributed by atoms with van der Waals surface area (Å²) in [5, 5.41) is 9.26. The number of carbonyl (C=O) groups excluding carboxylic acids is 1. The molecule has 0 unspecified atom stereocenters. The molecule has 2 rings (SSSR count). The van der Waals surface area contributed by atoms with Crippen molar-refractivity contribution >= 4 is 11.8 Å². The lowest BCUT2D eigenvalue weighted by Crippen LogP contribution is -2.28. The van der Waals surface area contributed by atoms with Gasteiger partial charge in [-0.1, -0.05) is 76.2 Å². The summed E-state index contributed by atoms with van der Waals surface area (Å²) in [5.74, 6) is -1.02. The normalized spacial score (nSPS) is 9.75. The smallest absolute Gasteiger partial charge is 0.313 e. The zero-order valence-electron chi connectivity index (χ0n) is 15.5. The highest BCUT2D eigenvalue weighted by Gasteiger charge is 2.29. The Labute approximate surface area is 145 Å². The summed E-state index contributed by atoms with van der Waals surface area (Å²) in [6, 6.07) is 15.8. The number of aliphatic carboxylic acids is 1. The average molecular weight is 328 g/mol. The van der Waals surface area contributed by atoms with Crippen molar-refractivity contribution in [2.75, 3.05) is 0 Å². The number of benzene rings is 2. The first kappa shape index (κ1) is 21.6. The maximum atomic E-state index is 12.3. The van der Waals surface area contributed by atoms with E-state index in [1.54, 1.807) is 62.4 Å². The molecule has 0 radical (unpaired) electrons. The summed E-state index contributed by atoms with van der Waals surface area (Å²) in [6.45, 7) is 11.3. The number of carboxylic acid groups (broad SMARTS) is 1. The lowest BCUT2D eigenvalue weighted by molar-refractivity contribution is -0.142. The van der Waals surface area contributed by atoms with Crippen molar-refractivity contribution in [3.8, 4) is 0 Å². The standard InChI is InChI=1S/C17H16O3.2C2H6/c1-17(2,16(19)20)14-10-6-9-13(11-14)15(18)12-7-4-3-5-8-12;2*1-2/h3-11H,1-2H3,(H,19,20);2*1-2H3. The molecule has 0 fully saturated rings. The summed E-state index contributed by atoms with van der Waals surface area (Å²) in [6.07, 6.45) is 0. The molecule has 0 aliphatic carbocycles. The topological polar surface area (TPSA) is 54.4 Å². The molecule has 0 saturated carbocycles. The number of carboxylic acids is 1. The molecule has 0 bridgehead atoms. The lowest BCUT2D eigenvalue weighted by atomic mass is 9.83. The average Bonchev–Trinajstić information content (AvgIpc) is 2.65. The second kappa shape index (κ2) is 10.4. The molecule has 2 aromatic carbocycles. The highest BCUT2D eigenvalue weighted by Crippen LogP contribution is 2.25. The Balaban J connectivity index is 0.00000123. The first-order chi connectivity index (χ1) is 11.4. The predicted octanol–water partition coefficient (Wildman–Crippen LogP) is 5.33. The molecule has 0 atom stereocenters. The molecule has 2 aromatic rings. The zero-order chi connectivity index (χ0) is 18.8. The summed E-state index contributed by atoms with van der Waals surface area (Å²) in [4.78, 5) is 23.6. The van der Waals surface area contributed by atoms with Crippen LogP contribution in [0.2, 0.25) is 0 Å². The Morgan fingerprint density at radius 1 is 0.792 bits per heavy atom. The van der Waals surface area contributed by atoms with Gasteiger partial charge >= 0.3 is 5.97 Å². The van der Waals surface area contributed by atoms with E-state index < -0.39 is 11.4 Å². The third kappa shape index (κ3) is 5.34. The number of carbonyl (C=O) groups is 2. The summed E-state index contributed by atoms with van der Waals surface area (Å²) in [5.41, 5.74) is 0.695. The van der Waals surface area contributed by atoms with E-state index in [2.05, 4.69) is 0 Å². The Morgan fingerprint density at radius 2 is 1.29 bits per heavy atom. The molecular weight excluding hydrogens is 300 g/mol. The highest BCUT2D eigenvalue weighted by atomic mass is 16.4. The van der Waals surface area contributed by atoms with Crippen LogP contribution in [0.3, 0.4) is 0 Å². The first-order valence-corrected chi connectivity index (χ1v) is 8.36. The molecule has 0 aliphatic heterocycles. The molecule has 130 valence electrons. The quantitative estimate of drug-likeness (QED) is 0.772. The monoisotopic (exact) mass is 328 g/mol. The van der Waals surface area contributed by atoms with E-state index in [0.717, 1.165) is 0 Å². The van der Waals surface area contributed by atoms with Crippen LogP contribution < -0.4 is 0 Å². The van der Waals surface area contributed by atoms with Gasteiger partial charge in [0.2, 0.25) is 0 Å². The molecule has 1 N–H and O–H groups in total. The predicted molar refractivity (Wildman–Crippen MR) is 99.7 cm³/mol. The lowest BCUT2D eigenvalue weighted by Gasteiger charge is -2.20. The first-order valence-electron chi connectivity index (χ1n) is 8.36. The molecule has 0 saturated heterocycles. The van der Waals surface area contributed by atoms with Crippen LogP contribution >= 0.6 is 0 Å². The number of rotatable bonds is 4. The summed E-state index contributed by atoms with van der Waals surface area (Å²) < 4.78 is 0. The van der Waals surface area contributed by atoms with Crippen molar-refractivity contribution in [3.05, 3.63) is 71.3 Å². The second-order valence-corrected chi connectivity index (χ2v) is 5.21. The van der Waals surface area contributed by atoms with Gasteiger partial charge < -0.3 is 5.11 Å². The highest BCUT2D eigenvalue weighted by molar-refractivity contribution is 6.09. The Hall–Kier alpha value is -2.42. The third-order valence-electron chi connectivity index (χ3n) is 3.42. The minimum Gasteiger partial charge on any atom is -0.481 e. The van der Waals surface area contributed by atoms with E-state index in [-0.39, 0.29) is 5.78 Å². The maximum absolute atomic E-state index is 12.3. The summed E-state index contributed by atoms with van der Waals surface area (Å²) in [7, 11) is 0. The molecule has 0 heterocycles. The van der Waals surface area contributed by atoms with Crippen LogP contribution in [0.5, 0.6) is 0 Å². The van der Waals surface area contributed by atoms with Gasteiger partial charge in [-0.2, -0.15) is 0 Å². The van der Waals surface area contributed by atoms with Gasteiger partial charge in [0.15, 0.2) is 5.78 Å². The van der Waals surface area contributed by atoms with Crippen LogP contribution in [-0.4, -0.2) is 16.9 Å². The van der Waals surface area contributed by atoms with Gasteiger partial charge in [-0.25, -0.2) is 0 Å². The van der Waals surface area contributed by atoms with Gasteiger partial charge in [0.05, 0.1) is 5.41 Å². The van der Waals surface area contributed by atoms with E-state index in [1.165, 1.54) is 0 Å². The number of hydrogen-bond donors (Lipinski definition) is 1. The van der Waals surface area contributed by atoms with E-state index in [4.69, 9.17) is 0 Å². The molecule has 0 aromatic heterocycles. The van der Waals surface area contributed by atoms with Gasteiger partial charge in [0, 0.05) is 11.1 Å². The van der Waals surface area contributed by atoms with Gasteiger partial charge in [-0.15, -0.1) is 0 Å². The van der Waals surface area contributed by atoms with Crippen molar-refractivity contribution < 1.29 is 14.7 Å². The molecule has 0 aliphatic rings. The SMILES string of the molecule is CC.CC.CC(C)(C(=O)O)c1cccc(C(=O)c2ccccc2)c1. The fourth-order valence-electron chi connectivity index (χ4n) is 1.93. The minimum atomic E-state index is -1.02. The molecule has 3 nitrogen and oxygen atoms in total. The Kier molecular flexibility index (Phi) is 9.33.